The number of anilines is 1. The number of nitrogens with one attached hydrogen (secondary N) is 1. The number of pyridine rings is 1. The van der Waals surface area contributed by atoms with Gasteiger partial charge in [-0.05, 0) is 55.0 Å². The highest BCUT2D eigenvalue weighted by molar-refractivity contribution is 7.92. The molecule has 0 aliphatic heterocycles. The molecule has 0 spiro atoms. The quantitative estimate of drug-likeness (QED) is 0.423. The normalized spacial score (nSPS) is 11.7. The Labute approximate surface area is 188 Å². The molecule has 166 valence electrons. The Bertz CT molecular complexity index is 1620. The van der Waals surface area contributed by atoms with Crippen LogP contribution in [0.5, 0.6) is 5.88 Å². The Morgan fingerprint density at radius 3 is 2.52 bits per heavy atom. The van der Waals surface area contributed by atoms with Crippen LogP contribution in [-0.2, 0) is 10.0 Å². The van der Waals surface area contributed by atoms with Crippen molar-refractivity contribution in [1.82, 2.24) is 24.6 Å². The predicted molar refractivity (Wildman–Crippen MR) is 120 cm³/mol. The van der Waals surface area contributed by atoms with Gasteiger partial charge >= 0.3 is 0 Å². The number of fused-ring (bicyclic) bond motifs is 3. The lowest BCUT2D eigenvalue weighted by Gasteiger charge is -2.13. The first-order chi connectivity index (χ1) is 15.9. The summed E-state index contributed by atoms with van der Waals surface area (Å²) in [4.78, 5) is 8.59. The van der Waals surface area contributed by atoms with Gasteiger partial charge in [0.2, 0.25) is 5.88 Å². The fourth-order valence-electron chi connectivity index (χ4n) is 3.54. The van der Waals surface area contributed by atoms with Crippen molar-refractivity contribution in [2.45, 2.75) is 11.8 Å². The van der Waals surface area contributed by atoms with E-state index < -0.39 is 15.8 Å². The van der Waals surface area contributed by atoms with E-state index in [0.29, 0.717) is 11.2 Å². The summed E-state index contributed by atoms with van der Waals surface area (Å²) in [5, 5.41) is 8.21. The highest BCUT2D eigenvalue weighted by Crippen LogP contribution is 2.31. The molecule has 0 unspecified atom stereocenters. The molecule has 11 heteroatoms. The van der Waals surface area contributed by atoms with Crippen LogP contribution in [0.1, 0.15) is 5.82 Å². The number of sulfonamides is 1. The first-order valence-corrected chi connectivity index (χ1v) is 11.3. The monoisotopic (exact) mass is 464 g/mol. The summed E-state index contributed by atoms with van der Waals surface area (Å²) < 4.78 is 48.5. The Morgan fingerprint density at radius 1 is 0.970 bits per heavy atom. The van der Waals surface area contributed by atoms with Gasteiger partial charge in [0.05, 0.1) is 29.2 Å². The van der Waals surface area contributed by atoms with Gasteiger partial charge in [0, 0.05) is 11.8 Å². The molecule has 0 amide bonds. The van der Waals surface area contributed by atoms with Gasteiger partial charge in [-0.2, -0.15) is 0 Å². The zero-order valence-electron chi connectivity index (χ0n) is 17.5. The number of nitrogens with zero attached hydrogens (tertiary/aromatic N) is 5. The fourth-order valence-corrected chi connectivity index (χ4v) is 4.59. The lowest BCUT2D eigenvalue weighted by Crippen LogP contribution is -2.14. The molecule has 0 saturated carbocycles. The smallest absolute Gasteiger partial charge is 0.262 e. The number of ether oxygens (including phenoxy) is 1. The molecule has 0 aliphatic carbocycles. The van der Waals surface area contributed by atoms with E-state index in [1.165, 1.54) is 19.2 Å². The van der Waals surface area contributed by atoms with E-state index in [-0.39, 0.29) is 16.5 Å². The van der Waals surface area contributed by atoms with Gasteiger partial charge in [0.1, 0.15) is 17.3 Å². The Balaban J connectivity index is 1.59. The van der Waals surface area contributed by atoms with Crippen LogP contribution < -0.4 is 9.46 Å². The van der Waals surface area contributed by atoms with Gasteiger partial charge < -0.3 is 4.74 Å². The zero-order chi connectivity index (χ0) is 23.2. The van der Waals surface area contributed by atoms with Crippen LogP contribution in [0.4, 0.5) is 10.1 Å². The lowest BCUT2D eigenvalue weighted by atomic mass is 10.1. The van der Waals surface area contributed by atoms with E-state index in [1.807, 2.05) is 29.5 Å². The van der Waals surface area contributed by atoms with Crippen molar-refractivity contribution >= 4 is 32.4 Å². The second-order valence-electron chi connectivity index (χ2n) is 7.24. The average Bonchev–Trinajstić information content (AvgIpc) is 3.20. The Morgan fingerprint density at radius 2 is 1.76 bits per heavy atom. The summed E-state index contributed by atoms with van der Waals surface area (Å²) in [6, 6.07) is 11.8. The van der Waals surface area contributed by atoms with E-state index in [1.54, 1.807) is 18.5 Å². The maximum absolute atomic E-state index is 13.2. The van der Waals surface area contributed by atoms with Crippen LogP contribution in [0.3, 0.4) is 0 Å². The topological polar surface area (TPSA) is 111 Å². The minimum Gasteiger partial charge on any atom is -0.480 e. The van der Waals surface area contributed by atoms with E-state index in [4.69, 9.17) is 4.74 Å². The third-order valence-electron chi connectivity index (χ3n) is 5.13. The summed E-state index contributed by atoms with van der Waals surface area (Å²) >= 11 is 0. The van der Waals surface area contributed by atoms with E-state index in [0.717, 1.165) is 34.6 Å². The Kier molecular flexibility index (Phi) is 4.90. The molecule has 5 aromatic rings. The second-order valence-corrected chi connectivity index (χ2v) is 8.93. The first-order valence-electron chi connectivity index (χ1n) is 9.79. The molecule has 0 bridgehead atoms. The van der Waals surface area contributed by atoms with Gasteiger partial charge in [0.15, 0.2) is 5.65 Å². The highest BCUT2D eigenvalue weighted by atomic mass is 32.2. The molecule has 0 saturated heterocycles. The fraction of sp³-hybridized carbons (Fsp3) is 0.0909. The molecule has 9 nitrogen and oxygen atoms in total. The van der Waals surface area contributed by atoms with Gasteiger partial charge in [-0.15, -0.1) is 10.2 Å². The number of aryl methyl sites for hydroxylation is 1. The SMILES string of the molecule is COc1ncc(-c2ccc3ncc4nnc(C)n4c3c2)cc1NS(=O)(=O)c1ccc(F)cc1. The minimum absolute atomic E-state index is 0.0846. The average molecular weight is 464 g/mol. The number of hydrogen-bond acceptors (Lipinski definition) is 7. The van der Waals surface area contributed by atoms with Crippen molar-refractivity contribution in [3.63, 3.8) is 0 Å². The van der Waals surface area contributed by atoms with Gasteiger partial charge in [-0.25, -0.2) is 17.8 Å². The van der Waals surface area contributed by atoms with Gasteiger partial charge in [-0.1, -0.05) is 6.07 Å². The largest absolute Gasteiger partial charge is 0.480 e. The highest BCUT2D eigenvalue weighted by Gasteiger charge is 2.18. The van der Waals surface area contributed by atoms with Crippen molar-refractivity contribution in [3.8, 4) is 17.0 Å². The van der Waals surface area contributed by atoms with E-state index in [2.05, 4.69) is 24.9 Å². The summed E-state index contributed by atoms with van der Waals surface area (Å²) in [5.74, 6) is 0.289. The standard InChI is InChI=1S/C22H17FN6O3S/c1-13-26-27-21-12-24-18-8-3-14(10-20(18)29(13)21)15-9-19(22(32-2)25-11-15)28-33(30,31)17-6-4-16(23)5-7-17/h3-12,28H,1-2H3. The number of aromatic nitrogens is 5. The summed E-state index contributed by atoms with van der Waals surface area (Å²) in [7, 11) is -2.60. The number of benzene rings is 2. The third-order valence-corrected chi connectivity index (χ3v) is 6.51. The van der Waals surface area contributed by atoms with E-state index >= 15 is 0 Å². The molecule has 2 aromatic carbocycles. The van der Waals surface area contributed by atoms with Crippen LogP contribution in [0.15, 0.2) is 65.8 Å². The van der Waals surface area contributed by atoms with Crippen molar-refractivity contribution in [1.29, 1.82) is 0 Å². The number of hydrogen-bond donors (Lipinski definition) is 1. The molecule has 0 atom stereocenters. The molecule has 0 aliphatic rings. The van der Waals surface area contributed by atoms with E-state index in [9.17, 15) is 12.8 Å². The van der Waals surface area contributed by atoms with Gasteiger partial charge in [-0.3, -0.25) is 14.1 Å². The van der Waals surface area contributed by atoms with Crippen molar-refractivity contribution in [3.05, 3.63) is 72.6 Å². The first kappa shape index (κ1) is 20.8. The lowest BCUT2D eigenvalue weighted by molar-refractivity contribution is 0.400. The van der Waals surface area contributed by atoms with Crippen LogP contribution in [0.25, 0.3) is 27.8 Å². The summed E-state index contributed by atoms with van der Waals surface area (Å²) in [6.07, 6.45) is 3.24. The van der Waals surface area contributed by atoms with Crippen LogP contribution in [0, 0.1) is 12.7 Å². The molecule has 33 heavy (non-hydrogen) atoms. The Hall–Kier alpha value is -4.12. The molecule has 0 radical (unpaired) electrons. The molecule has 0 fully saturated rings. The maximum atomic E-state index is 13.2. The second kappa shape index (κ2) is 7.78. The van der Waals surface area contributed by atoms with Crippen LogP contribution in [-0.4, -0.2) is 40.1 Å². The molecule has 1 N–H and O–H groups in total. The van der Waals surface area contributed by atoms with Crippen molar-refractivity contribution in [2.75, 3.05) is 11.8 Å². The molecule has 3 aromatic heterocycles. The van der Waals surface area contributed by atoms with Crippen LogP contribution in [0.2, 0.25) is 0 Å². The number of rotatable bonds is 5. The van der Waals surface area contributed by atoms with Crippen molar-refractivity contribution < 1.29 is 17.5 Å². The molecule has 3 heterocycles. The van der Waals surface area contributed by atoms with Gasteiger partial charge in [0.25, 0.3) is 10.0 Å². The zero-order valence-corrected chi connectivity index (χ0v) is 18.3. The predicted octanol–water partition coefficient (Wildman–Crippen LogP) is 3.60. The number of halogens is 1. The summed E-state index contributed by atoms with van der Waals surface area (Å²) in [5.41, 5.74) is 3.76. The molecular formula is C22H17FN6O3S. The minimum atomic E-state index is -3.99. The molecular weight excluding hydrogens is 447 g/mol. The van der Waals surface area contributed by atoms with Crippen LogP contribution >= 0.6 is 0 Å². The van der Waals surface area contributed by atoms with Crippen molar-refractivity contribution in [2.24, 2.45) is 0 Å². The maximum Gasteiger partial charge on any atom is 0.262 e. The molecule has 5 rings (SSSR count). The number of methoxy groups -OCH3 is 1. The summed E-state index contributed by atoms with van der Waals surface area (Å²) in [6.45, 7) is 1.85. The third kappa shape index (κ3) is 3.72.